The summed E-state index contributed by atoms with van der Waals surface area (Å²) in [5.74, 6) is 0. The molecule has 1 aliphatic carbocycles. The number of hydrogen-bond acceptors (Lipinski definition) is 3. The first-order chi connectivity index (χ1) is 8.26. The lowest BCUT2D eigenvalue weighted by atomic mass is 9.74. The molecule has 0 aliphatic heterocycles. The van der Waals surface area contributed by atoms with E-state index >= 15 is 0 Å². The number of pyridine rings is 1. The van der Waals surface area contributed by atoms with Gasteiger partial charge in [0.2, 0.25) is 0 Å². The molecule has 1 aromatic heterocycles. The second-order valence-corrected chi connectivity index (χ2v) is 5.27. The molecule has 17 heavy (non-hydrogen) atoms. The van der Waals surface area contributed by atoms with E-state index in [0.29, 0.717) is 5.15 Å². The van der Waals surface area contributed by atoms with Gasteiger partial charge in [0.25, 0.3) is 0 Å². The molecule has 3 nitrogen and oxygen atoms in total. The number of nitrogens with zero attached hydrogens (tertiary/aromatic N) is 1. The van der Waals surface area contributed by atoms with Gasteiger partial charge in [-0.15, -0.1) is 0 Å². The summed E-state index contributed by atoms with van der Waals surface area (Å²) in [6.45, 7) is 1.02. The maximum Gasteiger partial charge on any atom is 0.152 e. The smallest absolute Gasteiger partial charge is 0.152 e. The van der Waals surface area contributed by atoms with Crippen LogP contribution in [0, 0.1) is 5.41 Å². The van der Waals surface area contributed by atoms with Crippen LogP contribution >= 0.6 is 11.6 Å². The summed E-state index contributed by atoms with van der Waals surface area (Å²) >= 11 is 5.99. The Morgan fingerprint density at radius 3 is 2.76 bits per heavy atom. The van der Waals surface area contributed by atoms with E-state index in [1.54, 1.807) is 6.20 Å². The van der Waals surface area contributed by atoms with E-state index in [1.807, 2.05) is 12.1 Å². The molecule has 1 heterocycles. The molecular weight excluding hydrogens is 236 g/mol. The van der Waals surface area contributed by atoms with Crippen molar-refractivity contribution in [3.8, 4) is 0 Å². The van der Waals surface area contributed by atoms with Crippen LogP contribution in [0.15, 0.2) is 18.3 Å². The lowest BCUT2D eigenvalue weighted by Crippen LogP contribution is -2.35. The normalized spacial score (nSPS) is 18.9. The van der Waals surface area contributed by atoms with Crippen LogP contribution in [0.4, 0.5) is 5.69 Å². The van der Waals surface area contributed by atoms with Gasteiger partial charge in [-0.25, -0.2) is 4.98 Å². The van der Waals surface area contributed by atoms with Crippen LogP contribution in [0.5, 0.6) is 0 Å². The van der Waals surface area contributed by atoms with Crippen molar-refractivity contribution in [2.45, 2.75) is 32.1 Å². The fraction of sp³-hybridized carbons (Fsp3) is 0.615. The Morgan fingerprint density at radius 2 is 2.12 bits per heavy atom. The zero-order valence-corrected chi connectivity index (χ0v) is 10.7. The highest BCUT2D eigenvalue weighted by Crippen LogP contribution is 2.36. The minimum Gasteiger partial charge on any atom is -0.396 e. The maximum absolute atomic E-state index is 9.60. The summed E-state index contributed by atoms with van der Waals surface area (Å²) in [6, 6.07) is 3.78. The number of aliphatic hydroxyl groups is 1. The number of anilines is 1. The number of hydrogen-bond donors (Lipinski definition) is 2. The molecule has 0 atom stereocenters. The molecule has 0 unspecified atom stereocenters. The third-order valence-corrected chi connectivity index (χ3v) is 3.96. The minimum atomic E-state index is 0.0252. The van der Waals surface area contributed by atoms with E-state index in [9.17, 15) is 5.11 Å². The molecule has 2 N–H and O–H groups in total. The van der Waals surface area contributed by atoms with Gasteiger partial charge in [-0.3, -0.25) is 0 Å². The number of rotatable bonds is 4. The van der Waals surface area contributed by atoms with Crippen molar-refractivity contribution in [3.05, 3.63) is 23.5 Å². The van der Waals surface area contributed by atoms with E-state index in [-0.39, 0.29) is 12.0 Å². The van der Waals surface area contributed by atoms with Crippen molar-refractivity contribution < 1.29 is 5.11 Å². The van der Waals surface area contributed by atoms with Crippen LogP contribution < -0.4 is 5.32 Å². The first-order valence-electron chi connectivity index (χ1n) is 6.21. The van der Waals surface area contributed by atoms with Crippen LogP contribution in [-0.2, 0) is 0 Å². The fourth-order valence-electron chi connectivity index (χ4n) is 2.49. The van der Waals surface area contributed by atoms with E-state index in [1.165, 1.54) is 19.3 Å². The Kier molecular flexibility index (Phi) is 4.24. The van der Waals surface area contributed by atoms with Gasteiger partial charge >= 0.3 is 0 Å². The molecule has 2 rings (SSSR count). The molecule has 1 aliphatic rings. The van der Waals surface area contributed by atoms with Crippen molar-refractivity contribution >= 4 is 17.3 Å². The van der Waals surface area contributed by atoms with Crippen LogP contribution in [0.25, 0.3) is 0 Å². The molecule has 0 amide bonds. The Labute approximate surface area is 107 Å². The third-order valence-electron chi connectivity index (χ3n) is 3.66. The lowest BCUT2D eigenvalue weighted by Gasteiger charge is -2.36. The van der Waals surface area contributed by atoms with Crippen LogP contribution in [0.1, 0.15) is 32.1 Å². The topological polar surface area (TPSA) is 45.1 Å². The van der Waals surface area contributed by atoms with Gasteiger partial charge in [-0.1, -0.05) is 30.9 Å². The molecular formula is C13H19ClN2O. The van der Waals surface area contributed by atoms with Crippen molar-refractivity contribution in [1.29, 1.82) is 0 Å². The molecule has 1 aromatic rings. The first-order valence-corrected chi connectivity index (χ1v) is 6.59. The highest BCUT2D eigenvalue weighted by molar-refractivity contribution is 6.31. The second kappa shape index (κ2) is 5.69. The molecule has 1 fully saturated rings. The Hall–Kier alpha value is -0.800. The third kappa shape index (κ3) is 3.11. The van der Waals surface area contributed by atoms with Gasteiger partial charge in [-0.05, 0) is 25.0 Å². The van der Waals surface area contributed by atoms with E-state index in [0.717, 1.165) is 25.1 Å². The predicted molar refractivity (Wildman–Crippen MR) is 70.3 cm³/mol. The molecule has 4 heteroatoms. The van der Waals surface area contributed by atoms with Gasteiger partial charge in [0.15, 0.2) is 5.15 Å². The molecule has 0 spiro atoms. The minimum absolute atomic E-state index is 0.0252. The summed E-state index contributed by atoms with van der Waals surface area (Å²) in [5.41, 5.74) is 0.879. The van der Waals surface area contributed by atoms with Crippen molar-refractivity contribution in [2.75, 3.05) is 18.5 Å². The van der Waals surface area contributed by atoms with Gasteiger partial charge < -0.3 is 10.4 Å². The first kappa shape index (κ1) is 12.7. The van der Waals surface area contributed by atoms with Gasteiger partial charge in [0.05, 0.1) is 12.3 Å². The average Bonchev–Trinajstić information content (AvgIpc) is 2.39. The quantitative estimate of drug-likeness (QED) is 0.812. The highest BCUT2D eigenvalue weighted by atomic mass is 35.5. The van der Waals surface area contributed by atoms with Crippen molar-refractivity contribution in [1.82, 2.24) is 4.98 Å². The van der Waals surface area contributed by atoms with Crippen molar-refractivity contribution in [2.24, 2.45) is 5.41 Å². The summed E-state index contributed by atoms with van der Waals surface area (Å²) in [6.07, 6.45) is 7.57. The van der Waals surface area contributed by atoms with Crippen molar-refractivity contribution in [3.63, 3.8) is 0 Å². The molecule has 0 radical (unpaired) electrons. The number of aliphatic hydroxyl groups excluding tert-OH is 1. The van der Waals surface area contributed by atoms with Crippen LogP contribution in [0.3, 0.4) is 0 Å². The van der Waals surface area contributed by atoms with E-state index in [4.69, 9.17) is 11.6 Å². The molecule has 0 bridgehead atoms. The van der Waals surface area contributed by atoms with Gasteiger partial charge in [0, 0.05) is 18.2 Å². The van der Waals surface area contributed by atoms with Gasteiger partial charge in [0.1, 0.15) is 0 Å². The molecule has 0 aromatic carbocycles. The number of halogens is 1. The summed E-state index contributed by atoms with van der Waals surface area (Å²) in [5, 5.41) is 13.4. The zero-order chi connectivity index (χ0) is 12.1. The molecule has 1 saturated carbocycles. The summed E-state index contributed by atoms with van der Waals surface area (Å²) in [4.78, 5) is 4.03. The number of nitrogens with one attached hydrogen (secondary N) is 1. The average molecular weight is 255 g/mol. The highest BCUT2D eigenvalue weighted by Gasteiger charge is 2.31. The largest absolute Gasteiger partial charge is 0.396 e. The van der Waals surface area contributed by atoms with E-state index < -0.39 is 0 Å². The number of aromatic nitrogens is 1. The Balaban J connectivity index is 1.98. The van der Waals surface area contributed by atoms with Crippen LogP contribution in [0.2, 0.25) is 5.15 Å². The maximum atomic E-state index is 9.60. The fourth-order valence-corrected chi connectivity index (χ4v) is 2.68. The monoisotopic (exact) mass is 254 g/mol. The standard InChI is InChI=1S/C13H19ClN2O/c14-12-11(5-4-8-15-12)16-9-13(10-17)6-2-1-3-7-13/h4-5,8,16-17H,1-3,6-7,9-10H2. The Bertz CT molecular complexity index is 364. The SMILES string of the molecule is OCC1(CNc2cccnc2Cl)CCCCC1. The zero-order valence-electron chi connectivity index (χ0n) is 9.95. The van der Waals surface area contributed by atoms with Crippen LogP contribution in [-0.4, -0.2) is 23.2 Å². The molecule has 0 saturated heterocycles. The second-order valence-electron chi connectivity index (χ2n) is 4.91. The van der Waals surface area contributed by atoms with E-state index in [2.05, 4.69) is 10.3 Å². The predicted octanol–water partition coefficient (Wildman–Crippen LogP) is 3.09. The lowest BCUT2D eigenvalue weighted by molar-refractivity contribution is 0.0944. The Morgan fingerprint density at radius 1 is 1.35 bits per heavy atom. The van der Waals surface area contributed by atoms with Gasteiger partial charge in [-0.2, -0.15) is 0 Å². The molecule has 94 valence electrons. The summed E-state index contributed by atoms with van der Waals surface area (Å²) < 4.78 is 0. The summed E-state index contributed by atoms with van der Waals surface area (Å²) in [7, 11) is 0.